The monoisotopic (exact) mass is 417 g/mol. The van der Waals surface area contributed by atoms with Crippen molar-refractivity contribution in [3.8, 4) is 11.4 Å². The van der Waals surface area contributed by atoms with Gasteiger partial charge >= 0.3 is 0 Å². The van der Waals surface area contributed by atoms with Gasteiger partial charge in [-0.3, -0.25) is 0 Å². The molecule has 1 aliphatic carbocycles. The van der Waals surface area contributed by atoms with Gasteiger partial charge in [0.2, 0.25) is 0 Å². The quantitative estimate of drug-likeness (QED) is 0.557. The topological polar surface area (TPSA) is 57.8 Å². The summed E-state index contributed by atoms with van der Waals surface area (Å²) in [5, 5.41) is 4.80. The van der Waals surface area contributed by atoms with E-state index < -0.39 is 0 Å². The third-order valence-corrected chi connectivity index (χ3v) is 6.77. The van der Waals surface area contributed by atoms with Crippen LogP contribution in [0.2, 0.25) is 0 Å². The van der Waals surface area contributed by atoms with Crippen molar-refractivity contribution in [3.05, 3.63) is 53.6 Å². The van der Waals surface area contributed by atoms with Crippen molar-refractivity contribution in [2.24, 2.45) is 5.92 Å². The Morgan fingerprint density at radius 1 is 1.06 bits per heavy atom. The molecular formula is C25H31N5O. The van der Waals surface area contributed by atoms with Gasteiger partial charge < -0.3 is 9.30 Å². The van der Waals surface area contributed by atoms with Crippen LogP contribution in [0.5, 0.6) is 5.75 Å². The maximum absolute atomic E-state index is 5.63. The van der Waals surface area contributed by atoms with E-state index in [1.807, 2.05) is 36.2 Å². The van der Waals surface area contributed by atoms with E-state index in [2.05, 4.69) is 27.9 Å². The van der Waals surface area contributed by atoms with Gasteiger partial charge in [-0.25, -0.2) is 14.6 Å². The van der Waals surface area contributed by atoms with E-state index in [0.29, 0.717) is 5.92 Å². The van der Waals surface area contributed by atoms with Gasteiger partial charge in [0.1, 0.15) is 11.6 Å². The molecule has 0 amide bonds. The van der Waals surface area contributed by atoms with Crippen LogP contribution in [-0.2, 0) is 6.54 Å². The first-order chi connectivity index (χ1) is 15.2. The number of methoxy groups -OCH3 is 1. The molecule has 0 bridgehead atoms. The van der Waals surface area contributed by atoms with Gasteiger partial charge in [-0.1, -0.05) is 31.4 Å². The van der Waals surface area contributed by atoms with Gasteiger partial charge in [0.25, 0.3) is 0 Å². The average molecular weight is 418 g/mol. The highest BCUT2D eigenvalue weighted by Crippen LogP contribution is 2.40. The zero-order chi connectivity index (χ0) is 21.2. The Bertz CT molecular complexity index is 1070. The number of aromatic nitrogens is 5. The molecule has 5 rings (SSSR count). The van der Waals surface area contributed by atoms with Gasteiger partial charge in [0.15, 0.2) is 5.82 Å². The highest BCUT2D eigenvalue weighted by Gasteiger charge is 2.31. The van der Waals surface area contributed by atoms with E-state index in [1.54, 1.807) is 7.11 Å². The van der Waals surface area contributed by atoms with Crippen LogP contribution in [0.1, 0.15) is 73.8 Å². The van der Waals surface area contributed by atoms with Crippen molar-refractivity contribution < 1.29 is 4.74 Å². The molecule has 0 spiro atoms. The summed E-state index contributed by atoms with van der Waals surface area (Å²) in [6.07, 6.45) is 17.2. The molecule has 3 aromatic rings. The Balaban J connectivity index is 1.37. The number of hydrogen-bond acceptors (Lipinski definition) is 4. The van der Waals surface area contributed by atoms with Gasteiger partial charge in [-0.15, -0.1) is 0 Å². The fraction of sp³-hybridized carbons (Fsp3) is 0.480. The molecule has 0 N–H and O–H groups in total. The molecule has 1 aromatic carbocycles. The van der Waals surface area contributed by atoms with Crippen LogP contribution in [0.15, 0.2) is 30.7 Å². The van der Waals surface area contributed by atoms with Crippen molar-refractivity contribution in [2.45, 2.75) is 64.3 Å². The van der Waals surface area contributed by atoms with E-state index >= 15 is 0 Å². The number of benzene rings is 1. The smallest absolute Gasteiger partial charge is 0.174 e. The minimum atomic E-state index is 0.585. The predicted octanol–water partition coefficient (Wildman–Crippen LogP) is 5.41. The number of rotatable bonds is 5. The molecule has 1 saturated carbocycles. The van der Waals surface area contributed by atoms with Crippen LogP contribution in [0.3, 0.4) is 0 Å². The highest BCUT2D eigenvalue weighted by molar-refractivity contribution is 5.69. The second-order valence-electron chi connectivity index (χ2n) is 8.89. The summed E-state index contributed by atoms with van der Waals surface area (Å²) in [7, 11) is 1.70. The summed E-state index contributed by atoms with van der Waals surface area (Å²) in [5.41, 5.74) is 3.02. The van der Waals surface area contributed by atoms with Crippen molar-refractivity contribution in [1.82, 2.24) is 24.3 Å². The third-order valence-electron chi connectivity index (χ3n) is 6.77. The second-order valence-corrected chi connectivity index (χ2v) is 8.89. The summed E-state index contributed by atoms with van der Waals surface area (Å²) in [5.74, 6) is 4.21. The third kappa shape index (κ3) is 4.16. The summed E-state index contributed by atoms with van der Waals surface area (Å²) in [6.45, 7) is 2.97. The maximum Gasteiger partial charge on any atom is 0.174 e. The number of nitrogens with zero attached hydrogens (tertiary/aromatic N) is 5. The fourth-order valence-corrected chi connectivity index (χ4v) is 5.19. The minimum Gasteiger partial charge on any atom is -0.495 e. The zero-order valence-corrected chi connectivity index (χ0v) is 18.5. The van der Waals surface area contributed by atoms with E-state index in [9.17, 15) is 0 Å². The number of fused-ring (bicyclic) bond motifs is 1. The Morgan fingerprint density at radius 3 is 2.71 bits per heavy atom. The first-order valence-corrected chi connectivity index (χ1v) is 11.5. The Labute approximate surface area is 184 Å². The van der Waals surface area contributed by atoms with Gasteiger partial charge in [-0.05, 0) is 62.3 Å². The molecular weight excluding hydrogens is 386 g/mol. The minimum absolute atomic E-state index is 0.585. The lowest BCUT2D eigenvalue weighted by Crippen LogP contribution is -2.24. The van der Waals surface area contributed by atoms with Crippen LogP contribution in [0.4, 0.5) is 0 Å². The van der Waals surface area contributed by atoms with Crippen LogP contribution < -0.4 is 4.74 Å². The summed E-state index contributed by atoms with van der Waals surface area (Å²) >= 11 is 0. The standard InChI is InChI=1S/C25H31N5O/c1-18-16-29(17-26-18)22-12-10-19(15-23(22)31-2)11-13-24-27-25-21(9-6-14-30(25)28-24)20-7-4-3-5-8-20/h10-13,15-17,20-21H,3-9,14H2,1-2H3/t21-/m0/s1. The molecule has 0 radical (unpaired) electrons. The van der Waals surface area contributed by atoms with E-state index in [4.69, 9.17) is 14.8 Å². The molecule has 1 atom stereocenters. The fourth-order valence-electron chi connectivity index (χ4n) is 5.19. The molecule has 31 heavy (non-hydrogen) atoms. The molecule has 3 heterocycles. The number of hydrogen-bond donors (Lipinski definition) is 0. The van der Waals surface area contributed by atoms with Crippen molar-refractivity contribution in [3.63, 3.8) is 0 Å². The normalized spacial score (nSPS) is 19.6. The number of imidazole rings is 1. The van der Waals surface area contributed by atoms with Crippen molar-refractivity contribution in [2.75, 3.05) is 7.11 Å². The summed E-state index contributed by atoms with van der Waals surface area (Å²) < 4.78 is 9.78. The molecule has 0 unspecified atom stereocenters. The lowest BCUT2D eigenvalue weighted by molar-refractivity contribution is 0.254. The second kappa shape index (κ2) is 8.69. The maximum atomic E-state index is 5.63. The van der Waals surface area contributed by atoms with Crippen LogP contribution in [0.25, 0.3) is 17.8 Å². The lowest BCUT2D eigenvalue weighted by atomic mass is 9.77. The summed E-state index contributed by atoms with van der Waals surface area (Å²) in [6, 6.07) is 6.19. The Hall–Kier alpha value is -2.89. The number of aryl methyl sites for hydroxylation is 2. The van der Waals surface area contributed by atoms with Crippen molar-refractivity contribution in [1.29, 1.82) is 0 Å². The lowest BCUT2D eigenvalue weighted by Gasteiger charge is -2.32. The first kappa shape index (κ1) is 20.0. The van der Waals surface area contributed by atoms with Crippen LogP contribution in [-0.4, -0.2) is 31.4 Å². The molecule has 6 nitrogen and oxygen atoms in total. The van der Waals surface area contributed by atoms with E-state index in [0.717, 1.165) is 41.0 Å². The largest absolute Gasteiger partial charge is 0.495 e. The number of ether oxygens (including phenoxy) is 1. The van der Waals surface area contributed by atoms with Gasteiger partial charge in [-0.2, -0.15) is 5.10 Å². The van der Waals surface area contributed by atoms with E-state index in [-0.39, 0.29) is 0 Å². The Kier molecular flexibility index (Phi) is 5.62. The van der Waals surface area contributed by atoms with Crippen molar-refractivity contribution >= 4 is 12.2 Å². The zero-order valence-electron chi connectivity index (χ0n) is 18.5. The molecule has 0 saturated heterocycles. The van der Waals surface area contributed by atoms with Crippen LogP contribution in [0, 0.1) is 12.8 Å². The van der Waals surface area contributed by atoms with Gasteiger partial charge in [0.05, 0.1) is 24.8 Å². The average Bonchev–Trinajstić information content (AvgIpc) is 3.43. The Morgan fingerprint density at radius 2 is 1.94 bits per heavy atom. The van der Waals surface area contributed by atoms with Crippen LogP contribution >= 0.6 is 0 Å². The van der Waals surface area contributed by atoms with Gasteiger partial charge in [0, 0.05) is 18.7 Å². The van der Waals surface area contributed by atoms with E-state index in [1.165, 1.54) is 50.8 Å². The predicted molar refractivity (Wildman–Crippen MR) is 122 cm³/mol. The molecule has 1 aliphatic heterocycles. The summed E-state index contributed by atoms with van der Waals surface area (Å²) in [4.78, 5) is 9.27. The molecule has 2 aliphatic rings. The SMILES string of the molecule is COc1cc(C=Cc2nc3n(n2)CCC[C@H]3C2CCCCC2)ccc1-n1cnc(C)c1. The molecule has 162 valence electrons. The molecule has 6 heteroatoms. The molecule has 2 aromatic heterocycles. The molecule has 1 fully saturated rings. The first-order valence-electron chi connectivity index (χ1n) is 11.5. The highest BCUT2D eigenvalue weighted by atomic mass is 16.5.